The van der Waals surface area contributed by atoms with Gasteiger partial charge in [0.05, 0.1) is 0 Å². The second kappa shape index (κ2) is 3.63. The number of benzene rings is 1. The van der Waals surface area contributed by atoms with Crippen LogP contribution in [0.4, 0.5) is 0 Å². The Morgan fingerprint density at radius 1 is 1.16 bits per heavy atom. The summed E-state index contributed by atoms with van der Waals surface area (Å²) in [5.41, 5.74) is 2.98. The van der Waals surface area contributed by atoms with Crippen molar-refractivity contribution in [2.24, 2.45) is 16.7 Å². The molecular formula is C18H26O. The minimum atomic E-state index is -0.682. The van der Waals surface area contributed by atoms with Crippen LogP contribution in [-0.2, 0) is 5.60 Å². The van der Waals surface area contributed by atoms with Crippen molar-refractivity contribution >= 4 is 0 Å². The molecule has 0 radical (unpaired) electrons. The molecule has 2 saturated carbocycles. The van der Waals surface area contributed by atoms with Crippen LogP contribution >= 0.6 is 0 Å². The van der Waals surface area contributed by atoms with E-state index in [9.17, 15) is 5.11 Å². The fourth-order valence-electron chi connectivity index (χ4n) is 5.06. The van der Waals surface area contributed by atoms with Crippen molar-refractivity contribution in [3.8, 4) is 0 Å². The van der Waals surface area contributed by atoms with Crippen LogP contribution in [0.2, 0.25) is 0 Å². The SMILES string of the molecule is Cc1ccc(C)c(C2(O)C3(C)CCC(C3)C2(C)C)c1. The molecule has 3 atom stereocenters. The zero-order chi connectivity index (χ0) is 14.1. The summed E-state index contributed by atoms with van der Waals surface area (Å²) < 4.78 is 0. The Labute approximate surface area is 117 Å². The smallest absolute Gasteiger partial charge is 0.101 e. The van der Waals surface area contributed by atoms with E-state index in [1.807, 2.05) is 0 Å². The molecule has 0 heterocycles. The van der Waals surface area contributed by atoms with Gasteiger partial charge in [-0.2, -0.15) is 0 Å². The van der Waals surface area contributed by atoms with Gasteiger partial charge in [-0.1, -0.05) is 44.5 Å². The second-order valence-corrected chi connectivity index (χ2v) is 7.75. The van der Waals surface area contributed by atoms with Gasteiger partial charge in [0.15, 0.2) is 0 Å². The van der Waals surface area contributed by atoms with Gasteiger partial charge in [-0.25, -0.2) is 0 Å². The molecule has 1 N–H and O–H groups in total. The molecular weight excluding hydrogens is 232 g/mol. The van der Waals surface area contributed by atoms with E-state index >= 15 is 0 Å². The Bertz CT molecular complexity index is 524. The Balaban J connectivity index is 2.24. The normalized spacial score (nSPS) is 39.8. The number of rotatable bonds is 1. The lowest BCUT2D eigenvalue weighted by Crippen LogP contribution is -2.51. The van der Waals surface area contributed by atoms with E-state index < -0.39 is 5.60 Å². The first-order valence-corrected chi connectivity index (χ1v) is 7.52. The number of aryl methyl sites for hydroxylation is 2. The maximum absolute atomic E-state index is 11.7. The lowest BCUT2D eigenvalue weighted by molar-refractivity contribution is -0.151. The van der Waals surface area contributed by atoms with E-state index in [0.29, 0.717) is 5.92 Å². The Morgan fingerprint density at radius 2 is 1.84 bits per heavy atom. The van der Waals surface area contributed by atoms with Gasteiger partial charge in [0.25, 0.3) is 0 Å². The van der Waals surface area contributed by atoms with Crippen molar-refractivity contribution in [2.45, 2.75) is 59.5 Å². The molecule has 1 heteroatoms. The Kier molecular flexibility index (Phi) is 2.52. The van der Waals surface area contributed by atoms with Gasteiger partial charge >= 0.3 is 0 Å². The number of aliphatic hydroxyl groups is 1. The summed E-state index contributed by atoms with van der Waals surface area (Å²) in [7, 11) is 0. The molecule has 1 aromatic rings. The summed E-state index contributed by atoms with van der Waals surface area (Å²) in [6.07, 6.45) is 3.60. The summed E-state index contributed by atoms with van der Waals surface area (Å²) in [4.78, 5) is 0. The van der Waals surface area contributed by atoms with E-state index in [0.717, 1.165) is 6.42 Å². The zero-order valence-corrected chi connectivity index (χ0v) is 12.9. The van der Waals surface area contributed by atoms with Crippen LogP contribution in [0.15, 0.2) is 18.2 Å². The van der Waals surface area contributed by atoms with Crippen molar-refractivity contribution in [1.29, 1.82) is 0 Å². The standard InChI is InChI=1S/C18H26O/c1-12-6-7-13(2)15(10-12)18(19)16(3,4)14-8-9-17(18,5)11-14/h6-7,10,14,19H,8-9,11H2,1-5H3. The fourth-order valence-corrected chi connectivity index (χ4v) is 5.06. The first kappa shape index (κ1) is 13.2. The molecule has 0 aromatic heterocycles. The van der Waals surface area contributed by atoms with Crippen LogP contribution in [0, 0.1) is 30.6 Å². The lowest BCUT2D eigenvalue weighted by atomic mass is 9.57. The third kappa shape index (κ3) is 1.40. The highest BCUT2D eigenvalue weighted by molar-refractivity contribution is 5.41. The average molecular weight is 258 g/mol. The van der Waals surface area contributed by atoms with Crippen molar-refractivity contribution in [3.05, 3.63) is 34.9 Å². The average Bonchev–Trinajstić information content (AvgIpc) is 2.80. The third-order valence-corrected chi connectivity index (χ3v) is 6.35. The molecule has 104 valence electrons. The summed E-state index contributed by atoms with van der Waals surface area (Å²) in [5, 5.41) is 11.7. The van der Waals surface area contributed by atoms with Crippen LogP contribution < -0.4 is 0 Å². The van der Waals surface area contributed by atoms with Crippen molar-refractivity contribution in [2.75, 3.05) is 0 Å². The highest BCUT2D eigenvalue weighted by Crippen LogP contribution is 2.71. The maximum Gasteiger partial charge on any atom is 0.101 e. The fraction of sp³-hybridized carbons (Fsp3) is 0.667. The molecule has 2 fully saturated rings. The largest absolute Gasteiger partial charge is 0.384 e. The quantitative estimate of drug-likeness (QED) is 0.794. The predicted molar refractivity (Wildman–Crippen MR) is 79.0 cm³/mol. The molecule has 0 aliphatic heterocycles. The van der Waals surface area contributed by atoms with Gasteiger partial charge in [0, 0.05) is 10.8 Å². The summed E-state index contributed by atoms with van der Waals surface area (Å²) in [5.74, 6) is 0.655. The van der Waals surface area contributed by atoms with E-state index in [1.165, 1.54) is 29.5 Å². The molecule has 1 nitrogen and oxygen atoms in total. The minimum absolute atomic E-state index is 0.0292. The lowest BCUT2D eigenvalue weighted by Gasteiger charge is -2.51. The van der Waals surface area contributed by atoms with Gasteiger partial charge in [-0.3, -0.25) is 0 Å². The van der Waals surface area contributed by atoms with Gasteiger partial charge < -0.3 is 5.11 Å². The summed E-state index contributed by atoms with van der Waals surface area (Å²) in [6.45, 7) is 11.1. The maximum atomic E-state index is 11.7. The van der Waals surface area contributed by atoms with Gasteiger partial charge in [0.2, 0.25) is 0 Å². The molecule has 3 unspecified atom stereocenters. The number of fused-ring (bicyclic) bond motifs is 2. The van der Waals surface area contributed by atoms with Crippen molar-refractivity contribution in [1.82, 2.24) is 0 Å². The molecule has 2 aliphatic rings. The van der Waals surface area contributed by atoms with Crippen molar-refractivity contribution in [3.63, 3.8) is 0 Å². The number of hydrogen-bond donors (Lipinski definition) is 1. The summed E-state index contributed by atoms with van der Waals surface area (Å²) >= 11 is 0. The second-order valence-electron chi connectivity index (χ2n) is 7.75. The Hall–Kier alpha value is -0.820. The topological polar surface area (TPSA) is 20.2 Å². The van der Waals surface area contributed by atoms with Crippen LogP contribution in [0.1, 0.15) is 56.7 Å². The van der Waals surface area contributed by atoms with Gasteiger partial charge in [0.1, 0.15) is 5.60 Å². The third-order valence-electron chi connectivity index (χ3n) is 6.35. The Morgan fingerprint density at radius 3 is 2.42 bits per heavy atom. The first-order chi connectivity index (χ1) is 8.72. The first-order valence-electron chi connectivity index (χ1n) is 7.52. The molecule has 2 bridgehead atoms. The van der Waals surface area contributed by atoms with Crippen LogP contribution in [-0.4, -0.2) is 5.11 Å². The van der Waals surface area contributed by atoms with E-state index in [1.54, 1.807) is 0 Å². The highest BCUT2D eigenvalue weighted by atomic mass is 16.3. The molecule has 3 rings (SSSR count). The van der Waals surface area contributed by atoms with Crippen LogP contribution in [0.3, 0.4) is 0 Å². The minimum Gasteiger partial charge on any atom is -0.384 e. The molecule has 19 heavy (non-hydrogen) atoms. The van der Waals surface area contributed by atoms with Crippen LogP contribution in [0.25, 0.3) is 0 Å². The van der Waals surface area contributed by atoms with Crippen LogP contribution in [0.5, 0.6) is 0 Å². The van der Waals surface area contributed by atoms with Crippen molar-refractivity contribution < 1.29 is 5.11 Å². The zero-order valence-electron chi connectivity index (χ0n) is 12.9. The molecule has 0 saturated heterocycles. The summed E-state index contributed by atoms with van der Waals surface area (Å²) in [6, 6.07) is 6.52. The van der Waals surface area contributed by atoms with E-state index in [-0.39, 0.29) is 10.8 Å². The monoisotopic (exact) mass is 258 g/mol. The van der Waals surface area contributed by atoms with Gasteiger partial charge in [-0.05, 0) is 50.2 Å². The van der Waals surface area contributed by atoms with E-state index in [2.05, 4.69) is 52.8 Å². The molecule has 1 aromatic carbocycles. The van der Waals surface area contributed by atoms with Gasteiger partial charge in [-0.15, -0.1) is 0 Å². The van der Waals surface area contributed by atoms with E-state index in [4.69, 9.17) is 0 Å². The highest BCUT2D eigenvalue weighted by Gasteiger charge is 2.69. The molecule has 0 spiro atoms. The molecule has 2 aliphatic carbocycles. The predicted octanol–water partition coefficient (Wildman–Crippen LogP) is 4.34. The number of hydrogen-bond acceptors (Lipinski definition) is 1. The molecule has 0 amide bonds.